The molecule has 0 aromatic heterocycles. The van der Waals surface area contributed by atoms with Crippen molar-refractivity contribution >= 4 is 6.08 Å². The van der Waals surface area contributed by atoms with Gasteiger partial charge in [0.2, 0.25) is 6.08 Å². The van der Waals surface area contributed by atoms with Crippen LogP contribution in [0.15, 0.2) is 4.99 Å². The summed E-state index contributed by atoms with van der Waals surface area (Å²) in [5, 5.41) is 0. The number of rotatable bonds is 1. The molecule has 0 bridgehead atoms. The Morgan fingerprint density at radius 3 is 2.91 bits per heavy atom. The molecule has 1 aliphatic rings. The summed E-state index contributed by atoms with van der Waals surface area (Å²) >= 11 is 0. The van der Waals surface area contributed by atoms with Crippen molar-refractivity contribution in [2.75, 3.05) is 13.6 Å². The first-order valence-electron chi connectivity index (χ1n) is 4.01. The van der Waals surface area contributed by atoms with E-state index in [-0.39, 0.29) is 6.04 Å². The van der Waals surface area contributed by atoms with E-state index in [1.165, 1.54) is 0 Å². The first kappa shape index (κ1) is 8.44. The lowest BCUT2D eigenvalue weighted by Crippen LogP contribution is -2.39. The van der Waals surface area contributed by atoms with Crippen LogP contribution in [0.1, 0.15) is 19.8 Å². The third-order valence-corrected chi connectivity index (χ3v) is 2.42. The lowest BCUT2D eigenvalue weighted by atomic mass is 10.00. The molecule has 1 aliphatic heterocycles. The van der Waals surface area contributed by atoms with Gasteiger partial charge in [0.15, 0.2) is 0 Å². The number of likely N-dealkylation sites (tertiary alicyclic amines) is 1. The monoisotopic (exact) mass is 154 g/mol. The van der Waals surface area contributed by atoms with Crippen molar-refractivity contribution in [3.05, 3.63) is 0 Å². The van der Waals surface area contributed by atoms with Crippen LogP contribution in [0.3, 0.4) is 0 Å². The predicted octanol–water partition coefficient (Wildman–Crippen LogP) is 0.805. The number of aliphatic imine (C=N–C) groups is 1. The van der Waals surface area contributed by atoms with Crippen LogP contribution in [0.4, 0.5) is 0 Å². The Balaban J connectivity index is 2.45. The highest BCUT2D eigenvalue weighted by Crippen LogP contribution is 2.17. The van der Waals surface area contributed by atoms with Crippen molar-refractivity contribution in [3.8, 4) is 0 Å². The Hall–Kier alpha value is -0.660. The van der Waals surface area contributed by atoms with Crippen LogP contribution in [0.25, 0.3) is 0 Å². The normalized spacial score (nSPS) is 32.9. The van der Waals surface area contributed by atoms with E-state index >= 15 is 0 Å². The van der Waals surface area contributed by atoms with E-state index in [9.17, 15) is 4.79 Å². The Bertz CT molecular complexity index is 175. The van der Waals surface area contributed by atoms with Crippen LogP contribution in [0, 0.1) is 0 Å². The second-order valence-electron chi connectivity index (χ2n) is 3.23. The number of hydrogen-bond donors (Lipinski definition) is 0. The van der Waals surface area contributed by atoms with Crippen molar-refractivity contribution in [2.24, 2.45) is 4.99 Å². The summed E-state index contributed by atoms with van der Waals surface area (Å²) in [5.41, 5.74) is 0. The maximum Gasteiger partial charge on any atom is 0.235 e. The summed E-state index contributed by atoms with van der Waals surface area (Å²) in [4.78, 5) is 16.0. The summed E-state index contributed by atoms with van der Waals surface area (Å²) in [6.07, 6.45) is 3.62. The summed E-state index contributed by atoms with van der Waals surface area (Å²) < 4.78 is 0. The zero-order valence-electron chi connectivity index (χ0n) is 7.08. The van der Waals surface area contributed by atoms with Gasteiger partial charge in [0.05, 0.1) is 6.04 Å². The minimum absolute atomic E-state index is 0.221. The lowest BCUT2D eigenvalue weighted by Gasteiger charge is -2.32. The molecular weight excluding hydrogens is 140 g/mol. The second-order valence-corrected chi connectivity index (χ2v) is 3.23. The minimum atomic E-state index is 0.221. The van der Waals surface area contributed by atoms with Crippen LogP contribution in [-0.2, 0) is 4.79 Å². The van der Waals surface area contributed by atoms with Gasteiger partial charge in [-0.25, -0.2) is 9.79 Å². The van der Waals surface area contributed by atoms with Crippen molar-refractivity contribution in [1.29, 1.82) is 0 Å². The molecule has 2 atom stereocenters. The third kappa shape index (κ3) is 2.14. The fraction of sp³-hybridized carbons (Fsp3) is 0.875. The number of carbonyl (C=O) groups excluding carboxylic acids is 1. The van der Waals surface area contributed by atoms with E-state index in [0.29, 0.717) is 6.04 Å². The average Bonchev–Trinajstić information content (AvgIpc) is 1.98. The number of isocyanates is 1. The molecular formula is C8H14N2O. The third-order valence-electron chi connectivity index (χ3n) is 2.42. The maximum absolute atomic E-state index is 9.96. The molecule has 0 aromatic carbocycles. The number of hydrogen-bond acceptors (Lipinski definition) is 3. The van der Waals surface area contributed by atoms with Gasteiger partial charge < -0.3 is 4.90 Å². The fourth-order valence-corrected chi connectivity index (χ4v) is 1.46. The first-order valence-corrected chi connectivity index (χ1v) is 4.01. The molecule has 1 fully saturated rings. The summed E-state index contributed by atoms with van der Waals surface area (Å²) in [5.74, 6) is 0. The minimum Gasteiger partial charge on any atom is -0.304 e. The first-order chi connectivity index (χ1) is 5.24. The van der Waals surface area contributed by atoms with Crippen LogP contribution in [0.5, 0.6) is 0 Å². The van der Waals surface area contributed by atoms with Gasteiger partial charge in [-0.1, -0.05) is 0 Å². The smallest absolute Gasteiger partial charge is 0.235 e. The largest absolute Gasteiger partial charge is 0.304 e. The molecule has 2 unspecified atom stereocenters. The van der Waals surface area contributed by atoms with Crippen molar-refractivity contribution in [1.82, 2.24) is 4.90 Å². The van der Waals surface area contributed by atoms with Gasteiger partial charge >= 0.3 is 0 Å². The van der Waals surface area contributed by atoms with Crippen LogP contribution in [-0.4, -0.2) is 36.7 Å². The Kier molecular flexibility index (Phi) is 2.80. The van der Waals surface area contributed by atoms with E-state index in [4.69, 9.17) is 0 Å². The highest BCUT2D eigenvalue weighted by molar-refractivity contribution is 5.33. The van der Waals surface area contributed by atoms with E-state index in [1.54, 1.807) is 6.08 Å². The fourth-order valence-electron chi connectivity index (χ4n) is 1.46. The van der Waals surface area contributed by atoms with Crippen molar-refractivity contribution in [2.45, 2.75) is 31.8 Å². The zero-order valence-corrected chi connectivity index (χ0v) is 7.08. The summed E-state index contributed by atoms with van der Waals surface area (Å²) in [6.45, 7) is 3.20. The van der Waals surface area contributed by atoms with Gasteiger partial charge in [-0.05, 0) is 26.8 Å². The molecule has 11 heavy (non-hydrogen) atoms. The van der Waals surface area contributed by atoms with Gasteiger partial charge in [0, 0.05) is 12.6 Å². The maximum atomic E-state index is 9.96. The topological polar surface area (TPSA) is 32.7 Å². The molecule has 0 saturated carbocycles. The summed E-state index contributed by atoms with van der Waals surface area (Å²) in [6, 6.07) is 0.768. The van der Waals surface area contributed by atoms with E-state index in [2.05, 4.69) is 23.9 Å². The van der Waals surface area contributed by atoms with Gasteiger partial charge in [-0.3, -0.25) is 0 Å². The molecule has 62 valence electrons. The van der Waals surface area contributed by atoms with E-state index in [0.717, 1.165) is 19.4 Å². The second kappa shape index (κ2) is 3.65. The van der Waals surface area contributed by atoms with Crippen LogP contribution < -0.4 is 0 Å². The van der Waals surface area contributed by atoms with Crippen molar-refractivity contribution in [3.63, 3.8) is 0 Å². The van der Waals surface area contributed by atoms with Gasteiger partial charge in [0.25, 0.3) is 0 Å². The van der Waals surface area contributed by atoms with Crippen molar-refractivity contribution < 1.29 is 4.79 Å². The molecule has 1 heterocycles. The summed E-state index contributed by atoms with van der Waals surface area (Å²) in [7, 11) is 2.10. The standard InChI is InChI=1S/C8H14N2O/c1-7-5-8(9-6-11)3-4-10(7)2/h7-8H,3-5H2,1-2H3. The average molecular weight is 154 g/mol. The number of piperidine rings is 1. The van der Waals surface area contributed by atoms with E-state index in [1.807, 2.05) is 0 Å². The van der Waals surface area contributed by atoms with Crippen LogP contribution in [0.2, 0.25) is 0 Å². The quantitative estimate of drug-likeness (QED) is 0.413. The molecule has 1 saturated heterocycles. The zero-order chi connectivity index (χ0) is 8.27. The molecule has 0 aromatic rings. The van der Waals surface area contributed by atoms with Gasteiger partial charge in [0.1, 0.15) is 0 Å². The number of nitrogens with zero attached hydrogens (tertiary/aromatic N) is 2. The van der Waals surface area contributed by atoms with Gasteiger partial charge in [-0.15, -0.1) is 0 Å². The molecule has 1 rings (SSSR count). The Morgan fingerprint density at radius 2 is 2.36 bits per heavy atom. The lowest BCUT2D eigenvalue weighted by molar-refractivity contribution is 0.184. The molecule has 0 spiro atoms. The SMILES string of the molecule is CC1CC(N=C=O)CCN1C. The molecule has 3 heteroatoms. The van der Waals surface area contributed by atoms with Gasteiger partial charge in [-0.2, -0.15) is 0 Å². The molecule has 3 nitrogen and oxygen atoms in total. The highest BCUT2D eigenvalue weighted by Gasteiger charge is 2.21. The molecule has 0 aliphatic carbocycles. The predicted molar refractivity (Wildman–Crippen MR) is 43.2 cm³/mol. The van der Waals surface area contributed by atoms with E-state index < -0.39 is 0 Å². The highest BCUT2D eigenvalue weighted by atomic mass is 16.1. The Morgan fingerprint density at radius 1 is 1.64 bits per heavy atom. The molecule has 0 amide bonds. The Labute approximate surface area is 67.1 Å². The molecule has 0 radical (unpaired) electrons. The van der Waals surface area contributed by atoms with Crippen LogP contribution >= 0.6 is 0 Å². The molecule has 0 N–H and O–H groups in total.